The summed E-state index contributed by atoms with van der Waals surface area (Å²) in [5.74, 6) is -3.80. The minimum Gasteiger partial charge on any atom is -0.368 e. The molecule has 0 saturated heterocycles. The van der Waals surface area contributed by atoms with Crippen molar-refractivity contribution >= 4 is 65.0 Å². The molecule has 0 radical (unpaired) electrons. The number of primary amides is 1. The fourth-order valence-corrected chi connectivity index (χ4v) is 9.84. The molecular weight excluding hydrogens is 958 g/mol. The molecule has 390 valence electrons. The maximum Gasteiger partial charge on any atom is 0.336 e. The lowest BCUT2D eigenvalue weighted by Crippen LogP contribution is -2.62. The number of benzene rings is 3. The van der Waals surface area contributed by atoms with Crippen LogP contribution in [0, 0.1) is 0 Å². The van der Waals surface area contributed by atoms with Gasteiger partial charge in [-0.3, -0.25) is 34.0 Å². The first-order valence-corrected chi connectivity index (χ1v) is 26.0. The molecule has 0 aliphatic heterocycles. The SMILES string of the molecule is CCOP(=O)(CCN(NC(=O)[C@@H](Cc1c[nH]c2ccccc12)NC(=O)[C@@H](N)Cc1cnc[nH]1)C(=O)N[C@@H](Cc1c[nH]c2ccccc12)C(=O)N[C@H](Cc1ccccc1)C(=O)N[C@@H](CCCCN)C(N)=O)OCC. The van der Waals surface area contributed by atoms with Gasteiger partial charge in [0.2, 0.25) is 23.6 Å². The Balaban J connectivity index is 1.33. The number of aromatic amines is 3. The van der Waals surface area contributed by atoms with Crippen molar-refractivity contribution in [3.8, 4) is 0 Å². The molecule has 3 aromatic heterocycles. The van der Waals surface area contributed by atoms with Crippen LogP contribution in [0.3, 0.4) is 0 Å². The summed E-state index contributed by atoms with van der Waals surface area (Å²) in [6.45, 7) is 3.17. The number of rotatable bonds is 28. The van der Waals surface area contributed by atoms with E-state index in [1.54, 1.807) is 56.6 Å². The standard InChI is InChI=1S/C50H66N13O9P/c1-3-71-73(70,72-4-2)23-22-63(62-49(68)44(26-34-29-56-40-19-11-9-17-37(34)40)59-46(65)38(52)27-35-30-54-31-57-35)50(69)61-43(25-33-28-55-39-18-10-8-16-36(33)39)48(67)60-42(24-32-14-6-5-7-15-32)47(66)58-41(45(53)64)20-12-13-21-51/h5-11,14-19,28-31,38,41-44,55-56H,3-4,12-13,20-27,51-52H2,1-2H3,(H2,53,64)(H,54,57)(H,58,66)(H,59,65)(H,60,67)(H,61,69)(H,62,68)/t38-,41-,42+,43-,44+/m0/s1. The lowest BCUT2D eigenvalue weighted by Gasteiger charge is -2.30. The van der Waals surface area contributed by atoms with Crippen LogP contribution < -0.4 is 43.9 Å². The average molecular weight is 1020 g/mol. The summed E-state index contributed by atoms with van der Waals surface area (Å²) in [6.07, 6.45) is 7.15. The molecule has 3 heterocycles. The van der Waals surface area contributed by atoms with E-state index in [2.05, 4.69) is 46.6 Å². The Labute approximate surface area is 422 Å². The molecule has 0 unspecified atom stereocenters. The zero-order chi connectivity index (χ0) is 52.3. The summed E-state index contributed by atoms with van der Waals surface area (Å²) in [6, 6.07) is 16.3. The van der Waals surface area contributed by atoms with Crippen molar-refractivity contribution < 1.29 is 42.4 Å². The highest BCUT2D eigenvalue weighted by Gasteiger charge is 2.34. The maximum atomic E-state index is 14.9. The first-order chi connectivity index (χ1) is 35.2. The molecule has 6 aromatic rings. The second-order valence-electron chi connectivity index (χ2n) is 17.4. The van der Waals surface area contributed by atoms with Gasteiger partial charge in [-0.05, 0) is 68.5 Å². The normalized spacial score (nSPS) is 13.6. The highest BCUT2D eigenvalue weighted by Crippen LogP contribution is 2.47. The van der Waals surface area contributed by atoms with Crippen LogP contribution in [-0.4, -0.2) is 123 Å². The zero-order valence-electron chi connectivity index (χ0n) is 40.9. The van der Waals surface area contributed by atoms with Crippen LogP contribution in [0.2, 0.25) is 0 Å². The van der Waals surface area contributed by atoms with Crippen molar-refractivity contribution in [2.75, 3.05) is 32.5 Å². The van der Waals surface area contributed by atoms with E-state index in [-0.39, 0.29) is 45.3 Å². The minimum absolute atomic E-state index is 0.00580. The number of fused-ring (bicyclic) bond motifs is 2. The molecule has 0 bridgehead atoms. The highest BCUT2D eigenvalue weighted by molar-refractivity contribution is 7.53. The number of carbonyl (C=O) groups is 6. The van der Waals surface area contributed by atoms with Gasteiger partial charge in [0, 0.05) is 71.8 Å². The first kappa shape index (κ1) is 55.0. The van der Waals surface area contributed by atoms with Gasteiger partial charge in [0.1, 0.15) is 24.2 Å². The van der Waals surface area contributed by atoms with Gasteiger partial charge in [-0.1, -0.05) is 66.7 Å². The highest BCUT2D eigenvalue weighted by atomic mass is 31.2. The Kier molecular flexibility index (Phi) is 20.3. The van der Waals surface area contributed by atoms with E-state index in [0.29, 0.717) is 41.8 Å². The van der Waals surface area contributed by atoms with E-state index < -0.39 is 86.1 Å². The summed E-state index contributed by atoms with van der Waals surface area (Å²) < 4.78 is 25.0. The molecular formula is C50H66N13O9P. The van der Waals surface area contributed by atoms with Gasteiger partial charge in [0.05, 0.1) is 38.3 Å². The molecule has 73 heavy (non-hydrogen) atoms. The number of unbranched alkanes of at least 4 members (excludes halogenated alkanes) is 1. The molecule has 3 aromatic carbocycles. The Morgan fingerprint density at radius 3 is 1.78 bits per heavy atom. The van der Waals surface area contributed by atoms with Crippen molar-refractivity contribution in [1.29, 1.82) is 0 Å². The fraction of sp³-hybridized carbons (Fsp3) is 0.380. The lowest BCUT2D eigenvalue weighted by molar-refractivity contribution is -0.132. The number of H-pyrrole nitrogens is 3. The van der Waals surface area contributed by atoms with Crippen LogP contribution in [0.15, 0.2) is 104 Å². The molecule has 22 nitrogen and oxygen atoms in total. The number of carbonyl (C=O) groups excluding carboxylic acids is 6. The molecule has 0 aliphatic carbocycles. The number of para-hydroxylation sites is 2. The van der Waals surface area contributed by atoms with Gasteiger partial charge in [-0.15, -0.1) is 0 Å². The second kappa shape index (κ2) is 26.9. The van der Waals surface area contributed by atoms with Crippen molar-refractivity contribution in [3.05, 3.63) is 126 Å². The molecule has 0 aliphatic rings. The summed E-state index contributed by atoms with van der Waals surface area (Å²) in [5, 5.41) is 13.4. The second-order valence-corrected chi connectivity index (χ2v) is 19.6. The quantitative estimate of drug-likeness (QED) is 0.0192. The molecule has 7 amide bonds. The number of urea groups is 1. The van der Waals surface area contributed by atoms with Crippen LogP contribution >= 0.6 is 7.60 Å². The van der Waals surface area contributed by atoms with Crippen molar-refractivity contribution in [2.24, 2.45) is 17.2 Å². The van der Waals surface area contributed by atoms with Gasteiger partial charge >= 0.3 is 13.6 Å². The van der Waals surface area contributed by atoms with Crippen molar-refractivity contribution in [1.82, 2.24) is 51.6 Å². The number of imidazole rings is 1. The van der Waals surface area contributed by atoms with E-state index in [1.807, 2.05) is 48.5 Å². The van der Waals surface area contributed by atoms with Gasteiger partial charge < -0.3 is 62.5 Å². The predicted molar refractivity (Wildman–Crippen MR) is 275 cm³/mol. The third-order valence-corrected chi connectivity index (χ3v) is 14.1. The molecule has 0 fully saturated rings. The molecule has 5 atom stereocenters. The zero-order valence-corrected chi connectivity index (χ0v) is 41.8. The Bertz CT molecular complexity index is 2810. The predicted octanol–water partition coefficient (Wildman–Crippen LogP) is 2.72. The monoisotopic (exact) mass is 1020 g/mol. The molecule has 0 saturated carbocycles. The number of nitrogens with one attached hydrogen (secondary N) is 8. The average Bonchev–Trinajstić information content (AvgIpc) is 4.15. The molecule has 6 rings (SSSR count). The Morgan fingerprint density at radius 1 is 0.671 bits per heavy atom. The number of hydrogen-bond acceptors (Lipinski definition) is 12. The summed E-state index contributed by atoms with van der Waals surface area (Å²) in [4.78, 5) is 98.0. The number of nitrogens with zero attached hydrogens (tertiary/aromatic N) is 2. The molecule has 23 heteroatoms. The summed E-state index contributed by atoms with van der Waals surface area (Å²) in [7, 11) is -3.87. The van der Waals surface area contributed by atoms with Crippen LogP contribution in [-0.2, 0) is 63.3 Å². The number of hydrogen-bond donors (Lipinski definition) is 11. The van der Waals surface area contributed by atoms with Crippen LogP contribution in [0.25, 0.3) is 21.8 Å². The minimum atomic E-state index is -3.87. The van der Waals surface area contributed by atoms with Crippen molar-refractivity contribution in [3.63, 3.8) is 0 Å². The molecule has 0 spiro atoms. The van der Waals surface area contributed by atoms with E-state index >= 15 is 0 Å². The Hall–Kier alpha value is -7.36. The smallest absolute Gasteiger partial charge is 0.336 e. The van der Waals surface area contributed by atoms with Crippen molar-refractivity contribution in [2.45, 2.75) is 89.0 Å². The van der Waals surface area contributed by atoms with Crippen LogP contribution in [0.1, 0.15) is 55.5 Å². The van der Waals surface area contributed by atoms with Gasteiger partial charge in [-0.25, -0.2) is 14.8 Å². The van der Waals surface area contributed by atoms with E-state index in [0.717, 1.165) is 26.8 Å². The van der Waals surface area contributed by atoms with E-state index in [4.69, 9.17) is 26.2 Å². The molecule has 14 N–H and O–H groups in total. The topological polar surface area (TPSA) is 340 Å². The van der Waals surface area contributed by atoms with Crippen LogP contribution in [0.5, 0.6) is 0 Å². The van der Waals surface area contributed by atoms with E-state index in [9.17, 15) is 33.3 Å². The first-order valence-electron chi connectivity index (χ1n) is 24.2. The van der Waals surface area contributed by atoms with E-state index in [1.165, 1.54) is 12.5 Å². The van der Waals surface area contributed by atoms with Gasteiger partial charge in [0.15, 0.2) is 0 Å². The maximum absolute atomic E-state index is 14.9. The number of amides is 7. The number of hydrazine groups is 1. The lowest BCUT2D eigenvalue weighted by atomic mass is 10.0. The van der Waals surface area contributed by atoms with Crippen LogP contribution in [0.4, 0.5) is 4.79 Å². The number of aromatic nitrogens is 4. The summed E-state index contributed by atoms with van der Waals surface area (Å²) in [5.41, 5.74) is 24.4. The largest absolute Gasteiger partial charge is 0.368 e. The summed E-state index contributed by atoms with van der Waals surface area (Å²) >= 11 is 0. The number of nitrogens with two attached hydrogens (primary N) is 3. The van der Waals surface area contributed by atoms with Gasteiger partial charge in [-0.2, -0.15) is 0 Å². The Morgan fingerprint density at radius 2 is 1.22 bits per heavy atom. The third kappa shape index (κ3) is 15.8. The third-order valence-electron chi connectivity index (χ3n) is 12.0. The van der Waals surface area contributed by atoms with Gasteiger partial charge in [0.25, 0.3) is 5.91 Å². The fourth-order valence-electron chi connectivity index (χ4n) is 8.27.